The van der Waals surface area contributed by atoms with Crippen LogP contribution in [-0.4, -0.2) is 19.6 Å². The summed E-state index contributed by atoms with van der Waals surface area (Å²) in [4.78, 5) is 10.2. The van der Waals surface area contributed by atoms with E-state index in [2.05, 4.69) is 144 Å². The van der Waals surface area contributed by atoms with Crippen molar-refractivity contribution in [3.8, 4) is 56.3 Å². The van der Waals surface area contributed by atoms with E-state index in [9.17, 15) is 5.11 Å². The minimum absolute atomic E-state index is 0. The Bertz CT molecular complexity index is 2300. The van der Waals surface area contributed by atoms with Crippen molar-refractivity contribution in [2.45, 2.75) is 65.7 Å². The Morgan fingerprint density at radius 2 is 1.29 bits per heavy atom. The number of aromatic hydroxyl groups is 1. The van der Waals surface area contributed by atoms with E-state index in [1.54, 1.807) is 6.07 Å². The molecule has 1 N–H and O–H groups in total. The molecular weight excluding hydrogens is 806 g/mol. The van der Waals surface area contributed by atoms with Crippen molar-refractivity contribution in [3.63, 3.8) is 0 Å². The van der Waals surface area contributed by atoms with Crippen LogP contribution in [0.25, 0.3) is 61.6 Å². The Labute approximate surface area is 316 Å². The Hall–Kier alpha value is -4.79. The number of nitrogens with zero attached hydrogens (tertiary/aromatic N) is 3. The summed E-state index contributed by atoms with van der Waals surface area (Å²) in [6.45, 7) is 15.7. The molecule has 5 aromatic carbocycles. The molecular formula is C46H44N3OPt-. The molecule has 7 rings (SSSR count). The van der Waals surface area contributed by atoms with Crippen molar-refractivity contribution in [1.82, 2.24) is 14.5 Å². The number of benzene rings is 5. The Kier molecular flexibility index (Phi) is 10.2. The number of hydrogen-bond acceptors (Lipinski definition) is 3. The summed E-state index contributed by atoms with van der Waals surface area (Å²) in [5.41, 5.74) is 13.2. The van der Waals surface area contributed by atoms with Gasteiger partial charge in [-0.25, -0.2) is 4.98 Å². The summed E-state index contributed by atoms with van der Waals surface area (Å²) >= 11 is 0. The van der Waals surface area contributed by atoms with Crippen LogP contribution in [0.5, 0.6) is 5.75 Å². The van der Waals surface area contributed by atoms with Gasteiger partial charge in [-0.15, -0.1) is 29.3 Å². The number of aromatic nitrogens is 3. The first-order valence-corrected chi connectivity index (χ1v) is 17.5. The molecule has 0 amide bonds. The van der Waals surface area contributed by atoms with Crippen molar-refractivity contribution in [2.24, 2.45) is 0 Å². The van der Waals surface area contributed by atoms with E-state index in [-0.39, 0.29) is 44.1 Å². The van der Waals surface area contributed by atoms with E-state index in [1.165, 1.54) is 16.7 Å². The zero-order chi connectivity index (χ0) is 35.2. The van der Waals surface area contributed by atoms with E-state index in [0.717, 1.165) is 50.2 Å². The van der Waals surface area contributed by atoms with Gasteiger partial charge in [0.05, 0.1) is 22.3 Å². The normalized spacial score (nSPS) is 11.7. The van der Waals surface area contributed by atoms with Gasteiger partial charge in [0.1, 0.15) is 11.6 Å². The van der Waals surface area contributed by atoms with Gasteiger partial charge < -0.3 is 5.11 Å². The maximum Gasteiger partial charge on any atom is 0.148 e. The third kappa shape index (κ3) is 6.95. The first kappa shape index (κ1) is 36.0. The van der Waals surface area contributed by atoms with Crippen LogP contribution in [0.15, 0.2) is 121 Å². The molecule has 0 aliphatic rings. The van der Waals surface area contributed by atoms with Crippen LogP contribution in [0, 0.1) is 6.07 Å². The van der Waals surface area contributed by atoms with Crippen LogP contribution in [-0.2, 0) is 26.5 Å². The first-order chi connectivity index (χ1) is 24.0. The van der Waals surface area contributed by atoms with E-state index in [1.807, 2.05) is 30.5 Å². The van der Waals surface area contributed by atoms with Crippen LogP contribution in [0.3, 0.4) is 0 Å². The number of phenolic OH excluding ortho intramolecular Hbond substituents is 1. The molecule has 0 spiro atoms. The van der Waals surface area contributed by atoms with Crippen molar-refractivity contribution < 1.29 is 26.2 Å². The maximum absolute atomic E-state index is 11.2. The van der Waals surface area contributed by atoms with Gasteiger partial charge >= 0.3 is 0 Å². The molecule has 4 nitrogen and oxygen atoms in total. The molecule has 0 atom stereocenters. The van der Waals surface area contributed by atoms with Crippen molar-refractivity contribution >= 4 is 11.0 Å². The average molecular weight is 850 g/mol. The summed E-state index contributed by atoms with van der Waals surface area (Å²) < 4.78 is 2.28. The Balaban J connectivity index is 0.00000448. The van der Waals surface area contributed by atoms with Gasteiger partial charge in [0, 0.05) is 33.0 Å². The number of imidazole rings is 1. The number of para-hydroxylation sites is 3. The molecule has 0 saturated carbocycles. The fourth-order valence-electron chi connectivity index (χ4n) is 6.83. The number of fused-ring (bicyclic) bond motifs is 1. The van der Waals surface area contributed by atoms with Crippen molar-refractivity contribution in [2.75, 3.05) is 0 Å². The second-order valence-electron chi connectivity index (χ2n) is 14.8. The predicted octanol–water partition coefficient (Wildman–Crippen LogP) is 12.1. The standard InChI is InChI=1S/C46H44N3O.Pt/c1-29(2)36-18-13-19-37(30(3)4)44(36)49-41-21-14-20-38(43(41)48-45(49)39-17-11-12-22-42(39)50)33-25-34(27-35(26-33)46(5,6)7)40-28-32(23-24-47-40)31-15-9-8-10-16-31;/h8-24,26-30,50H,1-7H3;/q-1;. The zero-order valence-electron chi connectivity index (χ0n) is 30.3. The molecule has 0 aliphatic heterocycles. The quantitative estimate of drug-likeness (QED) is 0.163. The van der Waals surface area contributed by atoms with E-state index in [0.29, 0.717) is 11.4 Å². The summed E-state index contributed by atoms with van der Waals surface area (Å²) in [5.74, 6) is 1.47. The molecule has 0 fully saturated rings. The van der Waals surface area contributed by atoms with Gasteiger partial charge in [-0.3, -0.25) is 9.55 Å². The fraction of sp³-hybridized carbons (Fsp3) is 0.217. The van der Waals surface area contributed by atoms with Gasteiger partial charge in [0.2, 0.25) is 0 Å². The number of rotatable bonds is 7. The van der Waals surface area contributed by atoms with Gasteiger partial charge in [-0.1, -0.05) is 138 Å². The van der Waals surface area contributed by atoms with Gasteiger partial charge in [-0.2, -0.15) is 0 Å². The Morgan fingerprint density at radius 1 is 0.667 bits per heavy atom. The topological polar surface area (TPSA) is 50.9 Å². The smallest absolute Gasteiger partial charge is 0.148 e. The molecule has 2 aromatic heterocycles. The van der Waals surface area contributed by atoms with Crippen LogP contribution in [0.2, 0.25) is 0 Å². The molecule has 2 heterocycles. The second kappa shape index (κ2) is 14.4. The molecule has 0 saturated heterocycles. The monoisotopic (exact) mass is 849 g/mol. The fourth-order valence-corrected chi connectivity index (χ4v) is 6.83. The third-order valence-corrected chi connectivity index (χ3v) is 9.56. The SMILES string of the molecule is CC(C)c1cccc(C(C)C)c1-n1c(-c2ccccc2O)nc2c(-c3[c-]c(-c4cc(-c5ccccc5)ccn4)cc(C(C)(C)C)c3)cccc21.[Pt]. The number of pyridine rings is 1. The molecule has 260 valence electrons. The van der Waals surface area contributed by atoms with Crippen molar-refractivity contribution in [1.29, 1.82) is 0 Å². The summed E-state index contributed by atoms with van der Waals surface area (Å²) in [6.07, 6.45) is 1.88. The summed E-state index contributed by atoms with van der Waals surface area (Å²) in [7, 11) is 0. The van der Waals surface area contributed by atoms with Crippen LogP contribution < -0.4 is 0 Å². The van der Waals surface area contributed by atoms with Gasteiger partial charge in [0.15, 0.2) is 0 Å². The van der Waals surface area contributed by atoms with E-state index in [4.69, 9.17) is 9.97 Å². The average Bonchev–Trinajstić information content (AvgIpc) is 3.50. The minimum Gasteiger partial charge on any atom is -0.507 e. The second-order valence-corrected chi connectivity index (χ2v) is 14.8. The molecule has 0 bridgehead atoms. The van der Waals surface area contributed by atoms with Crippen LogP contribution in [0.1, 0.15) is 77.0 Å². The molecule has 0 aliphatic carbocycles. The molecule has 7 aromatic rings. The van der Waals surface area contributed by atoms with E-state index >= 15 is 0 Å². The summed E-state index contributed by atoms with van der Waals surface area (Å²) in [5, 5.41) is 11.2. The number of hydrogen-bond donors (Lipinski definition) is 1. The predicted molar refractivity (Wildman–Crippen MR) is 208 cm³/mol. The summed E-state index contributed by atoms with van der Waals surface area (Å²) in [6, 6.07) is 43.4. The molecule has 0 radical (unpaired) electrons. The zero-order valence-corrected chi connectivity index (χ0v) is 32.6. The maximum atomic E-state index is 11.2. The van der Waals surface area contributed by atoms with E-state index < -0.39 is 0 Å². The molecule has 0 unspecified atom stereocenters. The third-order valence-electron chi connectivity index (χ3n) is 9.56. The first-order valence-electron chi connectivity index (χ1n) is 17.5. The number of phenols is 1. The van der Waals surface area contributed by atoms with Crippen LogP contribution >= 0.6 is 0 Å². The van der Waals surface area contributed by atoms with Gasteiger partial charge in [0.25, 0.3) is 0 Å². The molecule has 51 heavy (non-hydrogen) atoms. The Morgan fingerprint density at radius 3 is 1.96 bits per heavy atom. The largest absolute Gasteiger partial charge is 0.507 e. The minimum atomic E-state index is -0.119. The van der Waals surface area contributed by atoms with Gasteiger partial charge in [-0.05, 0) is 63.8 Å². The van der Waals surface area contributed by atoms with Crippen LogP contribution in [0.4, 0.5) is 0 Å². The molecule has 5 heteroatoms. The van der Waals surface area contributed by atoms with Crippen molar-refractivity contribution in [3.05, 3.63) is 144 Å².